The van der Waals surface area contributed by atoms with Crippen molar-refractivity contribution in [2.75, 3.05) is 33.5 Å². The van der Waals surface area contributed by atoms with Gasteiger partial charge in [-0.2, -0.15) is 0 Å². The Kier molecular flexibility index (Phi) is 5.37. The van der Waals surface area contributed by atoms with E-state index in [0.717, 1.165) is 12.8 Å². The molecule has 2 rings (SSSR count). The van der Waals surface area contributed by atoms with E-state index in [1.807, 2.05) is 0 Å². The van der Waals surface area contributed by atoms with Gasteiger partial charge in [0.1, 0.15) is 0 Å². The number of hydrogen-bond acceptors (Lipinski definition) is 5. The molecule has 20 heavy (non-hydrogen) atoms. The molecule has 116 valence electrons. The van der Waals surface area contributed by atoms with Crippen LogP contribution in [0.3, 0.4) is 0 Å². The molecule has 6 nitrogen and oxygen atoms in total. The zero-order chi connectivity index (χ0) is 14.6. The first-order valence-electron chi connectivity index (χ1n) is 7.27. The van der Waals surface area contributed by atoms with E-state index < -0.39 is 12.2 Å². The number of methoxy groups -OCH3 is 1. The molecule has 1 saturated heterocycles. The van der Waals surface area contributed by atoms with E-state index in [2.05, 4.69) is 5.32 Å². The third-order valence-corrected chi connectivity index (χ3v) is 4.41. The Bertz CT molecular complexity index is 320. The summed E-state index contributed by atoms with van der Waals surface area (Å²) in [7, 11) is 1.60. The maximum Gasteiger partial charge on any atom is 0.223 e. The van der Waals surface area contributed by atoms with Gasteiger partial charge in [-0.05, 0) is 25.7 Å². The topological polar surface area (TPSA) is 88.0 Å². The minimum atomic E-state index is -0.731. The van der Waals surface area contributed by atoms with E-state index in [1.165, 1.54) is 0 Å². The van der Waals surface area contributed by atoms with Gasteiger partial charge in [0, 0.05) is 38.2 Å². The molecule has 2 fully saturated rings. The smallest absolute Gasteiger partial charge is 0.223 e. The van der Waals surface area contributed by atoms with Crippen LogP contribution in [-0.4, -0.2) is 61.8 Å². The number of ether oxygens (including phenoxy) is 2. The van der Waals surface area contributed by atoms with Crippen molar-refractivity contribution in [2.24, 2.45) is 11.3 Å². The molecule has 1 saturated carbocycles. The number of aliphatic hydroxyl groups is 2. The molecule has 3 N–H and O–H groups in total. The molecule has 3 atom stereocenters. The molecule has 0 spiro atoms. The van der Waals surface area contributed by atoms with Crippen molar-refractivity contribution < 1.29 is 24.5 Å². The summed E-state index contributed by atoms with van der Waals surface area (Å²) >= 11 is 0. The van der Waals surface area contributed by atoms with Crippen LogP contribution in [0.4, 0.5) is 0 Å². The van der Waals surface area contributed by atoms with Crippen molar-refractivity contribution in [2.45, 2.75) is 37.9 Å². The predicted octanol–water partition coefficient (Wildman–Crippen LogP) is -0.322. The summed E-state index contributed by atoms with van der Waals surface area (Å²) in [4.78, 5) is 12.1. The molecule has 0 aromatic carbocycles. The van der Waals surface area contributed by atoms with Crippen molar-refractivity contribution >= 4 is 5.91 Å². The first kappa shape index (κ1) is 15.7. The van der Waals surface area contributed by atoms with Gasteiger partial charge in [0.15, 0.2) is 0 Å². The van der Waals surface area contributed by atoms with E-state index in [9.17, 15) is 15.0 Å². The van der Waals surface area contributed by atoms with Crippen LogP contribution in [0.15, 0.2) is 0 Å². The fraction of sp³-hybridized carbons (Fsp3) is 0.929. The highest BCUT2D eigenvalue weighted by Crippen LogP contribution is 2.38. The fourth-order valence-electron chi connectivity index (χ4n) is 3.24. The van der Waals surface area contributed by atoms with Gasteiger partial charge in [-0.25, -0.2) is 0 Å². The lowest BCUT2D eigenvalue weighted by molar-refractivity contribution is -0.128. The number of amides is 1. The summed E-state index contributed by atoms with van der Waals surface area (Å²) in [6.07, 6.45) is 0.963. The summed E-state index contributed by atoms with van der Waals surface area (Å²) in [6, 6.07) is 0. The van der Waals surface area contributed by atoms with E-state index in [0.29, 0.717) is 39.2 Å². The van der Waals surface area contributed by atoms with Crippen molar-refractivity contribution in [3.63, 3.8) is 0 Å². The van der Waals surface area contributed by atoms with E-state index in [1.54, 1.807) is 7.11 Å². The first-order chi connectivity index (χ1) is 9.56. The van der Waals surface area contributed by atoms with E-state index in [-0.39, 0.29) is 17.2 Å². The Morgan fingerprint density at radius 2 is 1.90 bits per heavy atom. The molecule has 1 amide bonds. The number of carbonyl (C=O) groups excluding carboxylic acids is 1. The number of rotatable bonds is 5. The molecule has 1 aliphatic carbocycles. The highest BCUT2D eigenvalue weighted by Gasteiger charge is 2.44. The average Bonchev–Trinajstić information content (AvgIpc) is 2.73. The zero-order valence-corrected chi connectivity index (χ0v) is 12.0. The van der Waals surface area contributed by atoms with Gasteiger partial charge in [-0.3, -0.25) is 4.79 Å². The van der Waals surface area contributed by atoms with Crippen LogP contribution in [0.2, 0.25) is 0 Å². The molecule has 2 aliphatic rings. The molecular formula is C14H25NO5. The van der Waals surface area contributed by atoms with Gasteiger partial charge in [0.25, 0.3) is 0 Å². The van der Waals surface area contributed by atoms with Crippen LogP contribution >= 0.6 is 0 Å². The summed E-state index contributed by atoms with van der Waals surface area (Å²) in [5.41, 5.74) is -0.367. The van der Waals surface area contributed by atoms with Gasteiger partial charge in [0.05, 0.1) is 18.8 Å². The Morgan fingerprint density at radius 3 is 2.45 bits per heavy atom. The maximum absolute atomic E-state index is 12.1. The largest absolute Gasteiger partial charge is 0.390 e. The molecule has 0 aromatic rings. The van der Waals surface area contributed by atoms with Crippen LogP contribution in [0.25, 0.3) is 0 Å². The van der Waals surface area contributed by atoms with Crippen LogP contribution < -0.4 is 5.32 Å². The number of aliphatic hydroxyl groups excluding tert-OH is 2. The third kappa shape index (κ3) is 3.69. The Balaban J connectivity index is 1.87. The normalized spacial score (nSPS) is 35.1. The molecule has 0 radical (unpaired) electrons. The average molecular weight is 287 g/mol. The maximum atomic E-state index is 12.1. The van der Waals surface area contributed by atoms with Gasteiger partial charge in [-0.1, -0.05) is 0 Å². The molecule has 1 unspecified atom stereocenters. The quantitative estimate of drug-likeness (QED) is 0.645. The van der Waals surface area contributed by atoms with Crippen LogP contribution in [0.5, 0.6) is 0 Å². The first-order valence-corrected chi connectivity index (χ1v) is 7.27. The second-order valence-corrected chi connectivity index (χ2v) is 6.08. The zero-order valence-electron chi connectivity index (χ0n) is 12.0. The number of hydrogen-bond donors (Lipinski definition) is 3. The standard InChI is InChI=1S/C14H25NO5/c1-19-9-14(6-11(16)12(17)7-14)8-15-13(18)10-2-4-20-5-3-10/h10-12,16-17H,2-9H2,1H3,(H,15,18)/t11-,12+,14?. The molecule has 1 heterocycles. The molecule has 0 bridgehead atoms. The van der Waals surface area contributed by atoms with E-state index in [4.69, 9.17) is 9.47 Å². The summed E-state index contributed by atoms with van der Waals surface area (Å²) in [5.74, 6) is 0.0549. The Morgan fingerprint density at radius 1 is 1.30 bits per heavy atom. The second-order valence-electron chi connectivity index (χ2n) is 6.08. The molecular weight excluding hydrogens is 262 g/mol. The third-order valence-electron chi connectivity index (χ3n) is 4.41. The van der Waals surface area contributed by atoms with Crippen molar-refractivity contribution in [1.29, 1.82) is 0 Å². The summed E-state index contributed by atoms with van der Waals surface area (Å²) in [5, 5.41) is 22.4. The minimum absolute atomic E-state index is 0.0135. The van der Waals surface area contributed by atoms with E-state index >= 15 is 0 Å². The van der Waals surface area contributed by atoms with Crippen molar-refractivity contribution in [3.05, 3.63) is 0 Å². The van der Waals surface area contributed by atoms with Gasteiger partial charge in [0.2, 0.25) is 5.91 Å². The molecule has 0 aromatic heterocycles. The highest BCUT2D eigenvalue weighted by molar-refractivity contribution is 5.78. The Hall–Kier alpha value is -0.690. The number of carbonyl (C=O) groups is 1. The predicted molar refractivity (Wildman–Crippen MR) is 72.1 cm³/mol. The van der Waals surface area contributed by atoms with Crippen LogP contribution in [-0.2, 0) is 14.3 Å². The fourth-order valence-corrected chi connectivity index (χ4v) is 3.24. The van der Waals surface area contributed by atoms with Crippen LogP contribution in [0.1, 0.15) is 25.7 Å². The summed E-state index contributed by atoms with van der Waals surface area (Å²) < 4.78 is 10.5. The summed E-state index contributed by atoms with van der Waals surface area (Å²) in [6.45, 7) is 2.14. The van der Waals surface area contributed by atoms with Crippen molar-refractivity contribution in [3.8, 4) is 0 Å². The van der Waals surface area contributed by atoms with Gasteiger partial charge < -0.3 is 25.0 Å². The number of nitrogens with one attached hydrogen (secondary N) is 1. The minimum Gasteiger partial charge on any atom is -0.390 e. The Labute approximate surface area is 119 Å². The lowest BCUT2D eigenvalue weighted by Crippen LogP contribution is -2.42. The monoisotopic (exact) mass is 287 g/mol. The van der Waals surface area contributed by atoms with Gasteiger partial charge in [-0.15, -0.1) is 0 Å². The van der Waals surface area contributed by atoms with Crippen LogP contribution in [0, 0.1) is 11.3 Å². The van der Waals surface area contributed by atoms with Gasteiger partial charge >= 0.3 is 0 Å². The lowest BCUT2D eigenvalue weighted by atomic mass is 9.86. The highest BCUT2D eigenvalue weighted by atomic mass is 16.5. The second kappa shape index (κ2) is 6.85. The van der Waals surface area contributed by atoms with Crippen molar-refractivity contribution in [1.82, 2.24) is 5.32 Å². The molecule has 1 aliphatic heterocycles. The lowest BCUT2D eigenvalue weighted by Gasteiger charge is -2.30. The SMILES string of the molecule is COCC1(CNC(=O)C2CCOCC2)C[C@@H](O)[C@@H](O)C1. The molecule has 6 heteroatoms.